The Balaban J connectivity index is 1.88. The summed E-state index contributed by atoms with van der Waals surface area (Å²) >= 11 is 0. The Bertz CT molecular complexity index is 744. The Kier molecular flexibility index (Phi) is 9.77. The lowest BCUT2D eigenvalue weighted by atomic mass is 10.0. The Morgan fingerprint density at radius 1 is 1.19 bits per heavy atom. The first kappa shape index (κ1) is 25.5. The van der Waals surface area contributed by atoms with Crippen molar-refractivity contribution < 1.29 is 29.0 Å². The van der Waals surface area contributed by atoms with E-state index in [1.807, 2.05) is 51.1 Å². The summed E-state index contributed by atoms with van der Waals surface area (Å²) in [5.74, 6) is -1.15. The number of carbonyl (C=O) groups is 3. The minimum Gasteiger partial charge on any atom is -0.480 e. The first-order valence-corrected chi connectivity index (χ1v) is 11.1. The van der Waals surface area contributed by atoms with Crippen LogP contribution in [0.25, 0.3) is 0 Å². The van der Waals surface area contributed by atoms with Crippen LogP contribution in [-0.2, 0) is 20.9 Å². The zero-order valence-electron chi connectivity index (χ0n) is 19.1. The average Bonchev–Trinajstić information content (AvgIpc) is 2.74. The number of carbonyl (C=O) groups excluding carboxylic acids is 2. The van der Waals surface area contributed by atoms with Crippen molar-refractivity contribution in [1.82, 2.24) is 15.5 Å². The van der Waals surface area contributed by atoms with E-state index in [0.717, 1.165) is 31.5 Å². The standard InChI is InChI=1S/C23H35N3O6/c1-23(2,3)32-22(30)26(18-11-13-24-14-12-18)15-7-10-19(20(27)28)25-21(29)31-16-17-8-5-4-6-9-17/h4-6,8-9,18-19,24H,7,10-16H2,1-3H3,(H,25,29)(H,27,28)/t19-/m0/s1. The second-order valence-corrected chi connectivity index (χ2v) is 8.89. The minimum atomic E-state index is -1.15. The first-order chi connectivity index (χ1) is 15.2. The van der Waals surface area contributed by atoms with Gasteiger partial charge in [0.05, 0.1) is 0 Å². The van der Waals surface area contributed by atoms with Crippen molar-refractivity contribution >= 4 is 18.2 Å². The SMILES string of the molecule is CC(C)(C)OC(=O)N(CCC[C@H](NC(=O)OCc1ccccc1)C(=O)O)C1CCNCC1. The fourth-order valence-corrected chi connectivity index (χ4v) is 3.49. The lowest BCUT2D eigenvalue weighted by Crippen LogP contribution is -2.48. The van der Waals surface area contributed by atoms with Gasteiger partial charge in [0, 0.05) is 12.6 Å². The quantitative estimate of drug-likeness (QED) is 0.530. The van der Waals surface area contributed by atoms with Gasteiger partial charge in [0.1, 0.15) is 18.2 Å². The Morgan fingerprint density at radius 2 is 1.84 bits per heavy atom. The highest BCUT2D eigenvalue weighted by molar-refractivity contribution is 5.79. The van der Waals surface area contributed by atoms with E-state index in [2.05, 4.69) is 10.6 Å². The van der Waals surface area contributed by atoms with Gasteiger partial charge < -0.3 is 30.1 Å². The van der Waals surface area contributed by atoms with E-state index in [4.69, 9.17) is 9.47 Å². The predicted octanol–water partition coefficient (Wildman–Crippen LogP) is 3.14. The van der Waals surface area contributed by atoms with Crippen LogP contribution in [0.3, 0.4) is 0 Å². The monoisotopic (exact) mass is 449 g/mol. The van der Waals surface area contributed by atoms with E-state index in [1.165, 1.54) is 0 Å². The lowest BCUT2D eigenvalue weighted by molar-refractivity contribution is -0.139. The van der Waals surface area contributed by atoms with Gasteiger partial charge in [-0.1, -0.05) is 30.3 Å². The molecule has 9 heteroatoms. The fourth-order valence-electron chi connectivity index (χ4n) is 3.49. The normalized spacial score (nSPS) is 15.5. The summed E-state index contributed by atoms with van der Waals surface area (Å²) in [4.78, 5) is 38.1. The molecule has 2 amide bonds. The van der Waals surface area contributed by atoms with Crippen LogP contribution in [0.5, 0.6) is 0 Å². The first-order valence-electron chi connectivity index (χ1n) is 11.1. The number of benzene rings is 1. The fraction of sp³-hybridized carbons (Fsp3) is 0.609. The molecule has 0 bridgehead atoms. The second-order valence-electron chi connectivity index (χ2n) is 8.89. The molecule has 0 aromatic heterocycles. The zero-order chi connectivity index (χ0) is 23.6. The van der Waals surface area contributed by atoms with Crippen molar-refractivity contribution in [2.45, 2.75) is 70.7 Å². The molecule has 1 aromatic carbocycles. The second kappa shape index (κ2) is 12.3. The highest BCUT2D eigenvalue weighted by atomic mass is 16.6. The van der Waals surface area contributed by atoms with Crippen LogP contribution in [-0.4, -0.2) is 65.5 Å². The molecule has 0 radical (unpaired) electrons. The van der Waals surface area contributed by atoms with Gasteiger partial charge in [-0.2, -0.15) is 0 Å². The molecule has 1 atom stereocenters. The van der Waals surface area contributed by atoms with Gasteiger partial charge in [-0.15, -0.1) is 0 Å². The molecular weight excluding hydrogens is 414 g/mol. The van der Waals surface area contributed by atoms with E-state index in [-0.39, 0.29) is 19.1 Å². The Labute approximate surface area is 189 Å². The maximum absolute atomic E-state index is 12.7. The van der Waals surface area contributed by atoms with E-state index >= 15 is 0 Å². The van der Waals surface area contributed by atoms with Gasteiger partial charge >= 0.3 is 18.2 Å². The van der Waals surface area contributed by atoms with E-state index < -0.39 is 29.8 Å². The van der Waals surface area contributed by atoms with Crippen LogP contribution < -0.4 is 10.6 Å². The largest absolute Gasteiger partial charge is 0.480 e. The number of rotatable bonds is 9. The third-order valence-corrected chi connectivity index (χ3v) is 5.07. The van der Waals surface area contributed by atoms with Gasteiger partial charge in [-0.05, 0) is 65.1 Å². The van der Waals surface area contributed by atoms with Crippen molar-refractivity contribution in [1.29, 1.82) is 0 Å². The van der Waals surface area contributed by atoms with Crippen molar-refractivity contribution in [3.63, 3.8) is 0 Å². The maximum Gasteiger partial charge on any atom is 0.410 e. The average molecular weight is 450 g/mol. The van der Waals surface area contributed by atoms with Crippen LogP contribution in [0.2, 0.25) is 0 Å². The molecule has 2 rings (SSSR count). The molecule has 32 heavy (non-hydrogen) atoms. The molecule has 0 aliphatic carbocycles. The third-order valence-electron chi connectivity index (χ3n) is 5.07. The summed E-state index contributed by atoms with van der Waals surface area (Å²) in [6, 6.07) is 8.08. The number of carboxylic acids is 1. The summed E-state index contributed by atoms with van der Waals surface area (Å²) in [5, 5.41) is 15.2. The number of aliphatic carboxylic acids is 1. The molecule has 9 nitrogen and oxygen atoms in total. The van der Waals surface area contributed by atoms with Crippen LogP contribution in [0.4, 0.5) is 9.59 Å². The Hall–Kier alpha value is -2.81. The smallest absolute Gasteiger partial charge is 0.410 e. The van der Waals surface area contributed by atoms with Gasteiger partial charge in [0.15, 0.2) is 0 Å². The summed E-state index contributed by atoms with van der Waals surface area (Å²) < 4.78 is 10.7. The number of piperidine rings is 1. The highest BCUT2D eigenvalue weighted by Crippen LogP contribution is 2.18. The highest BCUT2D eigenvalue weighted by Gasteiger charge is 2.30. The number of hydrogen-bond donors (Lipinski definition) is 3. The van der Waals surface area contributed by atoms with Gasteiger partial charge in [-0.25, -0.2) is 14.4 Å². The minimum absolute atomic E-state index is 0.0400. The van der Waals surface area contributed by atoms with E-state index in [9.17, 15) is 19.5 Å². The molecular formula is C23H35N3O6. The van der Waals surface area contributed by atoms with Gasteiger partial charge in [0.2, 0.25) is 0 Å². The summed E-state index contributed by atoms with van der Waals surface area (Å²) in [6.45, 7) is 7.49. The molecule has 1 fully saturated rings. The number of ether oxygens (including phenoxy) is 2. The molecule has 1 aliphatic heterocycles. The van der Waals surface area contributed by atoms with Crippen molar-refractivity contribution in [2.75, 3.05) is 19.6 Å². The molecule has 3 N–H and O–H groups in total. The summed E-state index contributed by atoms with van der Waals surface area (Å²) in [7, 11) is 0. The van der Waals surface area contributed by atoms with Gasteiger partial charge in [-0.3, -0.25) is 0 Å². The van der Waals surface area contributed by atoms with E-state index in [0.29, 0.717) is 13.0 Å². The molecule has 1 aliphatic rings. The zero-order valence-corrected chi connectivity index (χ0v) is 19.1. The summed E-state index contributed by atoms with van der Waals surface area (Å²) in [5.41, 5.74) is 0.195. The maximum atomic E-state index is 12.7. The van der Waals surface area contributed by atoms with Crippen molar-refractivity contribution in [3.8, 4) is 0 Å². The number of nitrogens with one attached hydrogen (secondary N) is 2. The summed E-state index contributed by atoms with van der Waals surface area (Å²) in [6.07, 6.45) is 1.01. The third kappa shape index (κ3) is 9.13. The van der Waals surface area contributed by atoms with E-state index in [1.54, 1.807) is 4.90 Å². The molecule has 1 saturated heterocycles. The number of alkyl carbamates (subject to hydrolysis) is 1. The molecule has 1 heterocycles. The van der Waals surface area contributed by atoms with Crippen molar-refractivity contribution in [2.24, 2.45) is 0 Å². The Morgan fingerprint density at radius 3 is 2.44 bits per heavy atom. The molecule has 178 valence electrons. The lowest BCUT2D eigenvalue weighted by Gasteiger charge is -2.36. The van der Waals surface area contributed by atoms with Crippen LogP contribution in [0.15, 0.2) is 30.3 Å². The number of amides is 2. The van der Waals surface area contributed by atoms with Crippen LogP contribution >= 0.6 is 0 Å². The molecule has 0 saturated carbocycles. The predicted molar refractivity (Wildman–Crippen MR) is 119 cm³/mol. The topological polar surface area (TPSA) is 117 Å². The van der Waals surface area contributed by atoms with Crippen LogP contribution in [0.1, 0.15) is 52.0 Å². The molecule has 1 aromatic rings. The number of hydrogen-bond acceptors (Lipinski definition) is 6. The van der Waals surface area contributed by atoms with Gasteiger partial charge in [0.25, 0.3) is 0 Å². The van der Waals surface area contributed by atoms with Crippen molar-refractivity contribution in [3.05, 3.63) is 35.9 Å². The van der Waals surface area contributed by atoms with Crippen LogP contribution in [0, 0.1) is 0 Å². The number of carboxylic acid groups (broad SMARTS) is 1. The number of nitrogens with zero attached hydrogens (tertiary/aromatic N) is 1. The molecule has 0 unspecified atom stereocenters. The molecule has 0 spiro atoms.